The number of rotatable bonds is 4. The van der Waals surface area contributed by atoms with Gasteiger partial charge in [0, 0.05) is 31.2 Å². The van der Waals surface area contributed by atoms with Crippen LogP contribution >= 0.6 is 0 Å². The molecular weight excluding hydrogens is 364 g/mol. The molecule has 6 nitrogen and oxygen atoms in total. The number of amides is 1. The Kier molecular flexibility index (Phi) is 3.76. The lowest BCUT2D eigenvalue weighted by atomic mass is 9.92. The molecule has 2 saturated carbocycles. The van der Waals surface area contributed by atoms with Crippen molar-refractivity contribution >= 4 is 22.8 Å². The second-order valence-corrected chi connectivity index (χ2v) is 8.16. The first-order valence-corrected chi connectivity index (χ1v) is 9.87. The van der Waals surface area contributed by atoms with Gasteiger partial charge in [0.05, 0.1) is 10.8 Å². The molecule has 0 radical (unpaired) electrons. The van der Waals surface area contributed by atoms with Crippen LogP contribution in [-0.4, -0.2) is 50.8 Å². The summed E-state index contributed by atoms with van der Waals surface area (Å²) >= 11 is 0. The summed E-state index contributed by atoms with van der Waals surface area (Å²) < 4.78 is 29.3. The Morgan fingerprint density at radius 1 is 1.36 bits per heavy atom. The Morgan fingerprint density at radius 2 is 2.21 bits per heavy atom. The Balaban J connectivity index is 1.49. The zero-order valence-corrected chi connectivity index (χ0v) is 15.5. The smallest absolute Gasteiger partial charge is 0.262 e. The minimum atomic E-state index is -2.66. The van der Waals surface area contributed by atoms with E-state index in [1.165, 1.54) is 12.4 Å². The molecule has 8 heteroatoms. The van der Waals surface area contributed by atoms with Crippen molar-refractivity contribution in [3.05, 3.63) is 30.7 Å². The quantitative estimate of drug-likeness (QED) is 0.790. The molecule has 3 heterocycles. The monoisotopic (exact) mass is 387 g/mol. The highest BCUT2D eigenvalue weighted by Crippen LogP contribution is 2.75. The van der Waals surface area contributed by atoms with Gasteiger partial charge in [0.1, 0.15) is 17.8 Å². The SMILES string of the molecule is C=CC(=O)N1CCC[C@@H](Nc2ncnc3[nH]cc([C@@]45CCC[C@@H]4C5(F)F)c23)C1. The van der Waals surface area contributed by atoms with E-state index < -0.39 is 17.3 Å². The van der Waals surface area contributed by atoms with Crippen LogP contribution in [0.25, 0.3) is 11.0 Å². The molecule has 28 heavy (non-hydrogen) atoms. The van der Waals surface area contributed by atoms with Gasteiger partial charge in [-0.15, -0.1) is 0 Å². The van der Waals surface area contributed by atoms with Gasteiger partial charge in [0.25, 0.3) is 5.92 Å². The molecule has 2 aromatic heterocycles. The number of fused-ring (bicyclic) bond motifs is 2. The van der Waals surface area contributed by atoms with Crippen molar-refractivity contribution in [2.45, 2.75) is 49.5 Å². The third-order valence-electron chi connectivity index (χ3n) is 6.81. The average Bonchev–Trinajstić information content (AvgIpc) is 3.15. The predicted octanol–water partition coefficient (Wildman–Crippen LogP) is 3.23. The molecule has 5 rings (SSSR count). The molecule has 0 bridgehead atoms. The average molecular weight is 387 g/mol. The molecule has 2 aromatic rings. The maximum Gasteiger partial charge on any atom is 0.262 e. The van der Waals surface area contributed by atoms with Crippen molar-refractivity contribution < 1.29 is 13.6 Å². The summed E-state index contributed by atoms with van der Waals surface area (Å²) in [5.41, 5.74) is 0.127. The van der Waals surface area contributed by atoms with Crippen molar-refractivity contribution in [2.24, 2.45) is 5.92 Å². The van der Waals surface area contributed by atoms with Gasteiger partial charge in [-0.3, -0.25) is 4.79 Å². The van der Waals surface area contributed by atoms with E-state index in [9.17, 15) is 13.6 Å². The van der Waals surface area contributed by atoms with Crippen LogP contribution in [0, 0.1) is 5.92 Å². The molecular formula is C20H23F2N5O. The lowest BCUT2D eigenvalue weighted by Gasteiger charge is -2.33. The van der Waals surface area contributed by atoms with E-state index in [1.807, 2.05) is 0 Å². The molecule has 2 N–H and O–H groups in total. The van der Waals surface area contributed by atoms with Gasteiger partial charge in [-0.2, -0.15) is 0 Å². The second kappa shape index (κ2) is 5.99. The summed E-state index contributed by atoms with van der Waals surface area (Å²) in [5.74, 6) is -2.76. The molecule has 3 atom stereocenters. The summed E-state index contributed by atoms with van der Waals surface area (Å²) in [4.78, 5) is 25.4. The molecule has 148 valence electrons. The van der Waals surface area contributed by atoms with Crippen molar-refractivity contribution in [1.82, 2.24) is 19.9 Å². The second-order valence-electron chi connectivity index (χ2n) is 8.16. The fourth-order valence-corrected chi connectivity index (χ4v) is 5.43. The molecule has 0 unspecified atom stereocenters. The minimum Gasteiger partial charge on any atom is -0.365 e. The Morgan fingerprint density at radius 3 is 2.96 bits per heavy atom. The maximum atomic E-state index is 14.6. The highest BCUT2D eigenvalue weighted by atomic mass is 19.3. The van der Waals surface area contributed by atoms with Crippen molar-refractivity contribution in [3.63, 3.8) is 0 Å². The van der Waals surface area contributed by atoms with E-state index in [4.69, 9.17) is 0 Å². The third-order valence-corrected chi connectivity index (χ3v) is 6.81. The molecule has 3 aliphatic rings. The van der Waals surface area contributed by atoms with Crippen molar-refractivity contribution in [1.29, 1.82) is 0 Å². The number of carbonyl (C=O) groups is 1. The van der Waals surface area contributed by atoms with Crippen LogP contribution in [0.15, 0.2) is 25.2 Å². The van der Waals surface area contributed by atoms with Gasteiger partial charge < -0.3 is 15.2 Å². The van der Waals surface area contributed by atoms with Crippen LogP contribution in [-0.2, 0) is 10.2 Å². The third kappa shape index (κ3) is 2.26. The first-order chi connectivity index (χ1) is 13.5. The molecule has 1 saturated heterocycles. The van der Waals surface area contributed by atoms with Crippen molar-refractivity contribution in [3.8, 4) is 0 Å². The molecule has 0 aromatic carbocycles. The number of piperidine rings is 1. The van der Waals surface area contributed by atoms with Crippen LogP contribution in [0.1, 0.15) is 37.7 Å². The Bertz CT molecular complexity index is 957. The summed E-state index contributed by atoms with van der Waals surface area (Å²) in [6.07, 6.45) is 8.10. The van der Waals surface area contributed by atoms with Crippen LogP contribution in [0.2, 0.25) is 0 Å². The zero-order chi connectivity index (χ0) is 19.5. The standard InChI is InChI=1S/C20H23F2N5O/c1-2-15(28)27-8-4-5-12(10-27)26-18-16-13(9-23-17(16)24-11-25-18)19-7-3-6-14(19)20(19,21)22/h2,9,11-12,14H,1,3-8,10H2,(H2,23,24,25,26)/t12-,14+,19+/m1/s1. The van der Waals surface area contributed by atoms with Crippen LogP contribution in [0.4, 0.5) is 14.6 Å². The first kappa shape index (κ1) is 17.6. The van der Waals surface area contributed by atoms with E-state index in [2.05, 4.69) is 26.8 Å². The number of hydrogen-bond acceptors (Lipinski definition) is 4. The highest BCUT2D eigenvalue weighted by Gasteiger charge is 2.82. The van der Waals surface area contributed by atoms with Gasteiger partial charge in [-0.05, 0) is 37.3 Å². The number of aromatic nitrogens is 3. The van der Waals surface area contributed by atoms with Crippen LogP contribution in [0.5, 0.6) is 0 Å². The normalized spacial score (nSPS) is 30.9. The summed E-state index contributed by atoms with van der Waals surface area (Å²) in [7, 11) is 0. The van der Waals surface area contributed by atoms with E-state index in [1.54, 1.807) is 11.1 Å². The number of halogens is 2. The summed E-state index contributed by atoms with van der Waals surface area (Å²) in [6.45, 7) is 4.80. The van der Waals surface area contributed by atoms with E-state index in [-0.39, 0.29) is 11.9 Å². The zero-order valence-electron chi connectivity index (χ0n) is 15.5. The maximum absolute atomic E-state index is 14.6. The fourth-order valence-electron chi connectivity index (χ4n) is 5.43. The van der Waals surface area contributed by atoms with Gasteiger partial charge in [0.15, 0.2) is 0 Å². The van der Waals surface area contributed by atoms with E-state index in [0.717, 1.165) is 19.3 Å². The number of anilines is 1. The lowest BCUT2D eigenvalue weighted by molar-refractivity contribution is -0.127. The number of H-pyrrole nitrogens is 1. The Hall–Kier alpha value is -2.51. The van der Waals surface area contributed by atoms with Gasteiger partial charge in [0.2, 0.25) is 5.91 Å². The number of carbonyl (C=O) groups excluding carboxylic acids is 1. The van der Waals surface area contributed by atoms with Crippen molar-refractivity contribution in [2.75, 3.05) is 18.4 Å². The fraction of sp³-hybridized carbons (Fsp3) is 0.550. The summed E-state index contributed by atoms with van der Waals surface area (Å²) in [6, 6.07) is 0.00934. The summed E-state index contributed by atoms with van der Waals surface area (Å²) in [5, 5.41) is 4.07. The minimum absolute atomic E-state index is 0.00934. The lowest BCUT2D eigenvalue weighted by Crippen LogP contribution is -2.44. The first-order valence-electron chi connectivity index (χ1n) is 9.87. The van der Waals surface area contributed by atoms with Crippen LogP contribution < -0.4 is 5.32 Å². The largest absolute Gasteiger partial charge is 0.365 e. The van der Waals surface area contributed by atoms with Gasteiger partial charge in [-0.1, -0.05) is 13.0 Å². The Labute approximate surface area is 161 Å². The highest BCUT2D eigenvalue weighted by molar-refractivity contribution is 5.92. The number of nitrogens with one attached hydrogen (secondary N) is 2. The topological polar surface area (TPSA) is 73.9 Å². The van der Waals surface area contributed by atoms with E-state index >= 15 is 0 Å². The number of aromatic amines is 1. The molecule has 0 spiro atoms. The van der Waals surface area contributed by atoms with Crippen LogP contribution in [0.3, 0.4) is 0 Å². The number of alkyl halides is 2. The molecule has 2 aliphatic carbocycles. The molecule has 1 aliphatic heterocycles. The van der Waals surface area contributed by atoms with Gasteiger partial charge >= 0.3 is 0 Å². The van der Waals surface area contributed by atoms with E-state index in [0.29, 0.717) is 48.3 Å². The van der Waals surface area contributed by atoms with Gasteiger partial charge in [-0.25, -0.2) is 18.7 Å². The predicted molar refractivity (Wildman–Crippen MR) is 101 cm³/mol. The number of hydrogen-bond donors (Lipinski definition) is 2. The molecule has 1 amide bonds. The number of nitrogens with zero attached hydrogens (tertiary/aromatic N) is 3. The molecule has 3 fully saturated rings. The number of likely N-dealkylation sites (tertiary alicyclic amines) is 1.